The van der Waals surface area contributed by atoms with Crippen LogP contribution in [0.15, 0.2) is 40.9 Å². The monoisotopic (exact) mass is 448 g/mol. The van der Waals surface area contributed by atoms with Crippen molar-refractivity contribution in [3.63, 3.8) is 0 Å². The number of halogens is 1. The van der Waals surface area contributed by atoms with Crippen molar-refractivity contribution >= 4 is 21.8 Å². The molecule has 1 fully saturated rings. The van der Waals surface area contributed by atoms with Crippen molar-refractivity contribution in [2.45, 2.75) is 6.54 Å². The molecule has 150 valence electrons. The van der Waals surface area contributed by atoms with Crippen LogP contribution in [0.5, 0.6) is 17.2 Å². The fraction of sp³-hybridized carbons (Fsp3) is 0.381. The third kappa shape index (κ3) is 4.42. The van der Waals surface area contributed by atoms with Gasteiger partial charge in [-0.2, -0.15) is 0 Å². The van der Waals surface area contributed by atoms with Crippen LogP contribution in [0.1, 0.15) is 15.9 Å². The number of carbonyl (C=O) groups is 1. The maximum absolute atomic E-state index is 13.0. The van der Waals surface area contributed by atoms with Crippen molar-refractivity contribution in [2.24, 2.45) is 0 Å². The summed E-state index contributed by atoms with van der Waals surface area (Å²) in [5.74, 6) is 1.43. The van der Waals surface area contributed by atoms with Crippen LogP contribution in [0.3, 0.4) is 0 Å². The number of hydrogen-bond acceptors (Lipinski definition) is 5. The molecule has 0 saturated carbocycles. The molecule has 1 saturated heterocycles. The van der Waals surface area contributed by atoms with Gasteiger partial charge in [0, 0.05) is 42.8 Å². The summed E-state index contributed by atoms with van der Waals surface area (Å²) in [5.41, 5.74) is 1.79. The topological polar surface area (TPSA) is 51.2 Å². The first-order valence-electron chi connectivity index (χ1n) is 9.12. The Morgan fingerprint density at radius 2 is 1.57 bits per heavy atom. The van der Waals surface area contributed by atoms with Gasteiger partial charge < -0.3 is 19.1 Å². The Morgan fingerprint density at radius 1 is 0.964 bits per heavy atom. The highest BCUT2D eigenvalue weighted by Gasteiger charge is 2.25. The zero-order chi connectivity index (χ0) is 20.1. The van der Waals surface area contributed by atoms with Crippen molar-refractivity contribution in [3.8, 4) is 17.2 Å². The maximum atomic E-state index is 13.0. The molecule has 0 atom stereocenters. The van der Waals surface area contributed by atoms with E-state index in [1.807, 2.05) is 17.0 Å². The molecule has 0 unspecified atom stereocenters. The molecule has 28 heavy (non-hydrogen) atoms. The van der Waals surface area contributed by atoms with Gasteiger partial charge in [-0.3, -0.25) is 9.69 Å². The van der Waals surface area contributed by atoms with Gasteiger partial charge in [-0.15, -0.1) is 0 Å². The Labute approximate surface area is 174 Å². The van der Waals surface area contributed by atoms with Crippen molar-refractivity contribution in [2.75, 3.05) is 47.5 Å². The van der Waals surface area contributed by atoms with E-state index in [2.05, 4.69) is 33.0 Å². The summed E-state index contributed by atoms with van der Waals surface area (Å²) in [4.78, 5) is 17.2. The number of piperazine rings is 1. The lowest BCUT2D eigenvalue weighted by Crippen LogP contribution is -2.48. The van der Waals surface area contributed by atoms with Gasteiger partial charge >= 0.3 is 0 Å². The zero-order valence-electron chi connectivity index (χ0n) is 16.4. The molecule has 1 amide bonds. The smallest absolute Gasteiger partial charge is 0.254 e. The number of rotatable bonds is 6. The molecule has 3 rings (SSSR count). The van der Waals surface area contributed by atoms with Crippen LogP contribution in [0, 0.1) is 0 Å². The van der Waals surface area contributed by atoms with Gasteiger partial charge in [-0.1, -0.05) is 34.1 Å². The summed E-state index contributed by atoms with van der Waals surface area (Å²) in [6, 6.07) is 11.7. The standard InChI is InChI=1S/C21H25BrN2O4/c1-26-18-12-16(13-19(27-2)20(18)28-3)21(25)24-10-8-23(9-11-24)14-15-6-4-5-7-17(15)22/h4-7,12-13H,8-11,14H2,1-3H3. The molecule has 1 aliphatic heterocycles. The molecule has 2 aromatic carbocycles. The third-order valence-corrected chi connectivity index (χ3v) is 5.70. The zero-order valence-corrected chi connectivity index (χ0v) is 18.0. The number of methoxy groups -OCH3 is 3. The van der Waals surface area contributed by atoms with Crippen molar-refractivity contribution in [3.05, 3.63) is 52.0 Å². The predicted octanol–water partition coefficient (Wildman–Crippen LogP) is 3.43. The molecule has 7 heteroatoms. The van der Waals surface area contributed by atoms with E-state index in [0.717, 1.165) is 24.1 Å². The Hall–Kier alpha value is -2.25. The Kier molecular flexibility index (Phi) is 6.80. The van der Waals surface area contributed by atoms with Crippen LogP contribution < -0.4 is 14.2 Å². The first-order valence-corrected chi connectivity index (χ1v) is 9.91. The minimum absolute atomic E-state index is 0.0280. The van der Waals surface area contributed by atoms with E-state index in [0.29, 0.717) is 35.9 Å². The highest BCUT2D eigenvalue weighted by atomic mass is 79.9. The minimum atomic E-state index is -0.0280. The first-order chi connectivity index (χ1) is 13.6. The van der Waals surface area contributed by atoms with Crippen molar-refractivity contribution < 1.29 is 19.0 Å². The number of amides is 1. The van der Waals surface area contributed by atoms with Crippen molar-refractivity contribution in [1.29, 1.82) is 0 Å². The van der Waals surface area contributed by atoms with Crippen LogP contribution in [0.25, 0.3) is 0 Å². The summed E-state index contributed by atoms with van der Waals surface area (Å²) in [5, 5.41) is 0. The normalized spacial score (nSPS) is 14.6. The fourth-order valence-corrected chi connectivity index (χ4v) is 3.77. The average molecular weight is 449 g/mol. The molecule has 1 aliphatic rings. The van der Waals surface area contributed by atoms with E-state index in [9.17, 15) is 4.79 Å². The van der Waals surface area contributed by atoms with E-state index >= 15 is 0 Å². The van der Waals surface area contributed by atoms with E-state index < -0.39 is 0 Å². The lowest BCUT2D eigenvalue weighted by Gasteiger charge is -2.35. The predicted molar refractivity (Wildman–Crippen MR) is 111 cm³/mol. The highest BCUT2D eigenvalue weighted by molar-refractivity contribution is 9.10. The second kappa shape index (κ2) is 9.30. The highest BCUT2D eigenvalue weighted by Crippen LogP contribution is 2.38. The SMILES string of the molecule is COc1cc(C(=O)N2CCN(Cc3ccccc3Br)CC2)cc(OC)c1OC. The van der Waals surface area contributed by atoms with Crippen molar-refractivity contribution in [1.82, 2.24) is 9.80 Å². The molecule has 0 aromatic heterocycles. The molecule has 0 bridgehead atoms. The molecule has 2 aromatic rings. The number of carbonyl (C=O) groups excluding carboxylic acids is 1. The lowest BCUT2D eigenvalue weighted by atomic mass is 10.1. The number of nitrogens with zero attached hydrogens (tertiary/aromatic N) is 2. The Morgan fingerprint density at radius 3 is 2.11 bits per heavy atom. The molecular formula is C21H25BrN2O4. The number of ether oxygens (including phenoxy) is 3. The average Bonchev–Trinajstić information content (AvgIpc) is 2.74. The molecular weight excluding hydrogens is 424 g/mol. The van der Waals surface area contributed by atoms with Gasteiger partial charge in [0.05, 0.1) is 21.3 Å². The maximum Gasteiger partial charge on any atom is 0.254 e. The van der Waals surface area contributed by atoms with Crippen LogP contribution in [-0.2, 0) is 6.54 Å². The summed E-state index contributed by atoms with van der Waals surface area (Å²) in [6.45, 7) is 3.89. The van der Waals surface area contributed by atoms with Gasteiger partial charge in [0.15, 0.2) is 11.5 Å². The largest absolute Gasteiger partial charge is 0.493 e. The van der Waals surface area contributed by atoms with Gasteiger partial charge in [0.1, 0.15) is 0 Å². The third-order valence-electron chi connectivity index (χ3n) is 4.92. The summed E-state index contributed by atoms with van der Waals surface area (Å²) >= 11 is 3.60. The number of benzene rings is 2. The van der Waals surface area contributed by atoms with Gasteiger partial charge in [0.25, 0.3) is 5.91 Å². The molecule has 1 heterocycles. The van der Waals surface area contributed by atoms with E-state index in [1.54, 1.807) is 33.5 Å². The summed E-state index contributed by atoms with van der Waals surface area (Å²) in [6.07, 6.45) is 0. The van der Waals surface area contributed by atoms with Crippen LogP contribution >= 0.6 is 15.9 Å². The van der Waals surface area contributed by atoms with Crippen LogP contribution in [0.4, 0.5) is 0 Å². The van der Waals surface area contributed by atoms with Gasteiger partial charge in [-0.05, 0) is 23.8 Å². The first kappa shape index (κ1) is 20.5. The molecule has 0 spiro atoms. The van der Waals surface area contributed by atoms with E-state index in [-0.39, 0.29) is 5.91 Å². The molecule has 6 nitrogen and oxygen atoms in total. The second-order valence-electron chi connectivity index (χ2n) is 6.57. The molecule has 0 N–H and O–H groups in total. The van der Waals surface area contributed by atoms with E-state index in [1.165, 1.54) is 5.56 Å². The second-order valence-corrected chi connectivity index (χ2v) is 7.43. The Bertz CT molecular complexity index is 810. The lowest BCUT2D eigenvalue weighted by molar-refractivity contribution is 0.0627. The Balaban J connectivity index is 1.67. The summed E-state index contributed by atoms with van der Waals surface area (Å²) < 4.78 is 17.2. The van der Waals surface area contributed by atoms with Crippen LogP contribution in [0.2, 0.25) is 0 Å². The van der Waals surface area contributed by atoms with E-state index in [4.69, 9.17) is 14.2 Å². The minimum Gasteiger partial charge on any atom is -0.493 e. The van der Waals surface area contributed by atoms with Gasteiger partial charge in [-0.25, -0.2) is 0 Å². The summed E-state index contributed by atoms with van der Waals surface area (Å²) in [7, 11) is 4.64. The quantitative estimate of drug-likeness (QED) is 0.677. The molecule has 0 radical (unpaired) electrons. The number of hydrogen-bond donors (Lipinski definition) is 0. The molecule has 0 aliphatic carbocycles. The van der Waals surface area contributed by atoms with Crippen LogP contribution in [-0.4, -0.2) is 63.2 Å². The fourth-order valence-electron chi connectivity index (χ4n) is 3.36. The van der Waals surface area contributed by atoms with Gasteiger partial charge in [0.2, 0.25) is 5.75 Å².